The maximum Gasteiger partial charge on any atom is 0.348 e. The number of hydrogen-bond acceptors (Lipinski definition) is 6. The van der Waals surface area contributed by atoms with Crippen LogP contribution in [0.1, 0.15) is 33.6 Å². The van der Waals surface area contributed by atoms with Gasteiger partial charge in [-0.1, -0.05) is 13.8 Å². The monoisotopic (exact) mass is 298 g/mol. The molecule has 1 aliphatic heterocycles. The summed E-state index contributed by atoms with van der Waals surface area (Å²) < 4.78 is 15.5. The van der Waals surface area contributed by atoms with Gasteiger partial charge in [0, 0.05) is 24.9 Å². The number of esters is 2. The van der Waals surface area contributed by atoms with Crippen LogP contribution in [0.25, 0.3) is 0 Å². The molecule has 0 aromatic heterocycles. The number of cyclic esters (lactones) is 1. The highest BCUT2D eigenvalue weighted by molar-refractivity contribution is 6.01. The van der Waals surface area contributed by atoms with Crippen molar-refractivity contribution in [2.45, 2.75) is 45.8 Å². The van der Waals surface area contributed by atoms with Crippen molar-refractivity contribution in [1.29, 1.82) is 0 Å². The zero-order chi connectivity index (χ0) is 15.8. The Labute approximate surface area is 124 Å². The minimum absolute atomic E-state index is 0.141. The zero-order valence-electron chi connectivity index (χ0n) is 12.9. The van der Waals surface area contributed by atoms with Gasteiger partial charge in [0.25, 0.3) is 0 Å². The molecule has 0 unspecified atom stereocenters. The molecule has 0 spiro atoms. The lowest BCUT2D eigenvalue weighted by Crippen LogP contribution is -2.40. The normalized spacial score (nSPS) is 32.9. The lowest BCUT2D eigenvalue weighted by molar-refractivity contribution is -0.169. The summed E-state index contributed by atoms with van der Waals surface area (Å²) in [5.41, 5.74) is -0.573. The van der Waals surface area contributed by atoms with Gasteiger partial charge in [-0.05, 0) is 13.3 Å². The Morgan fingerprint density at radius 3 is 2.57 bits per heavy atom. The van der Waals surface area contributed by atoms with Gasteiger partial charge in [0.2, 0.25) is 6.10 Å². The van der Waals surface area contributed by atoms with Crippen LogP contribution < -0.4 is 0 Å². The fraction of sp³-hybridized carbons (Fsp3) is 0.800. The van der Waals surface area contributed by atoms with Crippen molar-refractivity contribution in [3.63, 3.8) is 0 Å². The van der Waals surface area contributed by atoms with E-state index in [0.717, 1.165) is 0 Å². The van der Waals surface area contributed by atoms with Gasteiger partial charge in [-0.25, -0.2) is 4.79 Å². The summed E-state index contributed by atoms with van der Waals surface area (Å²) in [6.07, 6.45) is -0.211. The van der Waals surface area contributed by atoms with Crippen LogP contribution in [0.15, 0.2) is 0 Å². The first kappa shape index (κ1) is 15.9. The first-order chi connectivity index (χ1) is 9.77. The van der Waals surface area contributed by atoms with E-state index in [1.165, 1.54) is 0 Å². The number of rotatable bonds is 4. The number of Topliss-reactive ketones (excluding diaryl/α,β-unsaturated/α-hetero) is 1. The van der Waals surface area contributed by atoms with Crippen molar-refractivity contribution >= 4 is 17.7 Å². The van der Waals surface area contributed by atoms with E-state index < -0.39 is 29.4 Å². The van der Waals surface area contributed by atoms with Crippen LogP contribution in [-0.4, -0.2) is 43.6 Å². The van der Waals surface area contributed by atoms with E-state index in [0.29, 0.717) is 12.8 Å². The predicted molar refractivity (Wildman–Crippen MR) is 72.3 cm³/mol. The standard InChI is InChI=1S/C15H22O6/c1-8(19-4)9-5-6-10(16)11(9)13(17)21-12-14(18)20-7-15(12,2)3/h8-9,11-12H,5-7H2,1-4H3/t8-,9-,11-,12+/m1/s1. The molecule has 1 saturated heterocycles. The van der Waals surface area contributed by atoms with E-state index in [-0.39, 0.29) is 24.4 Å². The van der Waals surface area contributed by atoms with Gasteiger partial charge in [0.1, 0.15) is 18.3 Å². The van der Waals surface area contributed by atoms with E-state index in [9.17, 15) is 14.4 Å². The van der Waals surface area contributed by atoms with Crippen LogP contribution in [-0.2, 0) is 28.6 Å². The van der Waals surface area contributed by atoms with Gasteiger partial charge >= 0.3 is 11.9 Å². The van der Waals surface area contributed by atoms with Crippen LogP contribution in [0.2, 0.25) is 0 Å². The van der Waals surface area contributed by atoms with E-state index in [2.05, 4.69) is 0 Å². The average Bonchev–Trinajstić information content (AvgIpc) is 2.93. The summed E-state index contributed by atoms with van der Waals surface area (Å²) in [5, 5.41) is 0. The summed E-state index contributed by atoms with van der Waals surface area (Å²) in [6, 6.07) is 0. The number of hydrogen-bond donors (Lipinski definition) is 0. The van der Waals surface area contributed by atoms with Crippen LogP contribution in [0.5, 0.6) is 0 Å². The van der Waals surface area contributed by atoms with Gasteiger partial charge in [0.15, 0.2) is 0 Å². The third-order valence-electron chi connectivity index (χ3n) is 4.47. The van der Waals surface area contributed by atoms with Crippen LogP contribution >= 0.6 is 0 Å². The van der Waals surface area contributed by atoms with Gasteiger partial charge in [0.05, 0.1) is 6.10 Å². The fourth-order valence-corrected chi connectivity index (χ4v) is 2.98. The number of ether oxygens (including phenoxy) is 3. The molecule has 1 heterocycles. The highest BCUT2D eigenvalue weighted by atomic mass is 16.6. The third kappa shape index (κ3) is 2.95. The molecule has 1 aliphatic carbocycles. The quantitative estimate of drug-likeness (QED) is 0.571. The summed E-state index contributed by atoms with van der Waals surface area (Å²) in [4.78, 5) is 36.0. The molecule has 2 aliphatic rings. The topological polar surface area (TPSA) is 78.9 Å². The lowest BCUT2D eigenvalue weighted by Gasteiger charge is -2.26. The highest BCUT2D eigenvalue weighted by Gasteiger charge is 2.50. The maximum absolute atomic E-state index is 12.4. The molecular weight excluding hydrogens is 276 g/mol. The highest BCUT2D eigenvalue weighted by Crippen LogP contribution is 2.36. The zero-order valence-corrected chi connectivity index (χ0v) is 12.9. The Balaban J connectivity index is 2.11. The van der Waals surface area contributed by atoms with E-state index in [4.69, 9.17) is 14.2 Å². The summed E-state index contributed by atoms with van der Waals surface area (Å²) in [5.74, 6) is -2.36. The Morgan fingerprint density at radius 2 is 2.05 bits per heavy atom. The van der Waals surface area contributed by atoms with Crippen LogP contribution in [0.3, 0.4) is 0 Å². The Kier molecular flexibility index (Phi) is 4.37. The molecule has 6 nitrogen and oxygen atoms in total. The first-order valence-electron chi connectivity index (χ1n) is 7.20. The molecule has 0 amide bonds. The molecule has 2 rings (SSSR count). The third-order valence-corrected chi connectivity index (χ3v) is 4.47. The van der Waals surface area contributed by atoms with E-state index in [1.54, 1.807) is 21.0 Å². The smallest absolute Gasteiger partial charge is 0.348 e. The number of carbonyl (C=O) groups is 3. The van der Waals surface area contributed by atoms with Gasteiger partial charge in [-0.3, -0.25) is 9.59 Å². The second kappa shape index (κ2) is 5.75. The van der Waals surface area contributed by atoms with E-state index in [1.807, 2.05) is 6.92 Å². The van der Waals surface area contributed by atoms with Crippen molar-refractivity contribution in [3.05, 3.63) is 0 Å². The number of methoxy groups -OCH3 is 1. The van der Waals surface area contributed by atoms with Gasteiger partial charge in [-0.15, -0.1) is 0 Å². The molecule has 2 fully saturated rings. The van der Waals surface area contributed by atoms with Gasteiger partial charge in [-0.2, -0.15) is 0 Å². The van der Waals surface area contributed by atoms with Crippen molar-refractivity contribution in [2.24, 2.45) is 17.3 Å². The second-order valence-corrected chi connectivity index (χ2v) is 6.50. The van der Waals surface area contributed by atoms with Crippen molar-refractivity contribution in [2.75, 3.05) is 13.7 Å². The molecule has 1 saturated carbocycles. The van der Waals surface area contributed by atoms with Crippen molar-refractivity contribution in [1.82, 2.24) is 0 Å². The van der Waals surface area contributed by atoms with Crippen molar-refractivity contribution < 1.29 is 28.6 Å². The largest absolute Gasteiger partial charge is 0.462 e. The van der Waals surface area contributed by atoms with Crippen molar-refractivity contribution in [3.8, 4) is 0 Å². The Morgan fingerprint density at radius 1 is 1.38 bits per heavy atom. The minimum Gasteiger partial charge on any atom is -0.462 e. The average molecular weight is 298 g/mol. The SMILES string of the molecule is CO[C@H](C)[C@H]1CCC(=O)[C@@H]1C(=O)O[C@H]1C(=O)OCC1(C)C. The van der Waals surface area contributed by atoms with E-state index >= 15 is 0 Å². The predicted octanol–water partition coefficient (Wildman–Crippen LogP) is 1.11. The number of ketones is 1. The molecule has 0 radical (unpaired) electrons. The molecular formula is C15H22O6. The van der Waals surface area contributed by atoms with Gasteiger partial charge < -0.3 is 14.2 Å². The molecule has 118 valence electrons. The molecule has 0 aromatic rings. The number of carbonyl (C=O) groups excluding carboxylic acids is 3. The Bertz CT molecular complexity index is 455. The molecule has 0 aromatic carbocycles. The second-order valence-electron chi connectivity index (χ2n) is 6.50. The Hall–Kier alpha value is -1.43. The fourth-order valence-electron chi connectivity index (χ4n) is 2.98. The lowest BCUT2D eigenvalue weighted by atomic mass is 9.88. The summed E-state index contributed by atoms with van der Waals surface area (Å²) in [6.45, 7) is 5.63. The van der Waals surface area contributed by atoms with Crippen LogP contribution in [0, 0.1) is 17.3 Å². The first-order valence-corrected chi connectivity index (χ1v) is 7.20. The summed E-state index contributed by atoms with van der Waals surface area (Å²) in [7, 11) is 1.55. The van der Waals surface area contributed by atoms with Crippen LogP contribution in [0.4, 0.5) is 0 Å². The molecule has 6 heteroatoms. The molecule has 4 atom stereocenters. The molecule has 21 heavy (non-hydrogen) atoms. The minimum atomic E-state index is -0.947. The summed E-state index contributed by atoms with van der Waals surface area (Å²) >= 11 is 0. The molecule has 0 N–H and O–H groups in total. The molecule has 0 bridgehead atoms. The maximum atomic E-state index is 12.4.